The number of nitrogens with one attached hydrogen (secondary N) is 6. The van der Waals surface area contributed by atoms with Crippen molar-refractivity contribution in [1.82, 2.24) is 41.7 Å². The van der Waals surface area contributed by atoms with Crippen molar-refractivity contribution in [1.29, 1.82) is 0 Å². The van der Waals surface area contributed by atoms with Gasteiger partial charge in [-0.1, -0.05) is 54.4 Å². The molecule has 63 heavy (non-hydrogen) atoms. The number of hydrogen-bond donors (Lipinski definition) is 9. The van der Waals surface area contributed by atoms with Gasteiger partial charge < -0.3 is 57.0 Å². The number of carbonyl (C=O) groups excluding carboxylic acids is 8. The molecule has 2 saturated heterocycles. The Kier molecular flexibility index (Phi) is 21.4. The lowest BCUT2D eigenvalue weighted by molar-refractivity contribution is -0.145. The monoisotopic (exact) mass is 894 g/mol. The minimum absolute atomic E-state index is 0.0626. The zero-order chi connectivity index (χ0) is 47.7. The third-order valence-corrected chi connectivity index (χ3v) is 11.5. The molecule has 0 bridgehead atoms. The van der Waals surface area contributed by atoms with Crippen molar-refractivity contribution in [2.75, 3.05) is 19.6 Å². The predicted molar refractivity (Wildman–Crippen MR) is 223 cm³/mol. The summed E-state index contributed by atoms with van der Waals surface area (Å²) in [6.45, 7) is 11.0. The molecule has 2 aliphatic rings. The summed E-state index contributed by atoms with van der Waals surface area (Å²) in [7, 11) is 0. The van der Waals surface area contributed by atoms with Crippen LogP contribution in [0.1, 0.15) is 113 Å². The first-order valence-corrected chi connectivity index (χ1v) is 21.6. The van der Waals surface area contributed by atoms with Crippen molar-refractivity contribution in [3.63, 3.8) is 0 Å². The van der Waals surface area contributed by atoms with Crippen LogP contribution >= 0.6 is 0 Å². The molecule has 0 aliphatic carbocycles. The van der Waals surface area contributed by atoms with E-state index in [0.29, 0.717) is 25.7 Å². The highest BCUT2D eigenvalue weighted by atomic mass is 16.4. The van der Waals surface area contributed by atoms with Gasteiger partial charge in [0.05, 0.1) is 6.54 Å². The number of carboxylic acid groups (broad SMARTS) is 3. The van der Waals surface area contributed by atoms with Crippen LogP contribution in [0.4, 0.5) is 0 Å². The lowest BCUT2D eigenvalue weighted by atomic mass is 9.94. The van der Waals surface area contributed by atoms with E-state index >= 15 is 0 Å². The van der Waals surface area contributed by atoms with Crippen molar-refractivity contribution in [2.24, 2.45) is 17.8 Å². The van der Waals surface area contributed by atoms with E-state index in [4.69, 9.17) is 5.11 Å². The van der Waals surface area contributed by atoms with Gasteiger partial charge in [0.1, 0.15) is 42.3 Å². The molecule has 0 saturated carbocycles. The Morgan fingerprint density at radius 1 is 0.587 bits per heavy atom. The Hall–Kier alpha value is -5.83. The molecule has 0 radical (unpaired) electrons. The van der Waals surface area contributed by atoms with Crippen LogP contribution in [-0.2, 0) is 52.7 Å². The van der Waals surface area contributed by atoms with Gasteiger partial charge in [-0.2, -0.15) is 0 Å². The molecule has 0 aromatic rings. The lowest BCUT2D eigenvalue weighted by Gasteiger charge is -2.33. The van der Waals surface area contributed by atoms with Gasteiger partial charge in [-0.05, 0) is 56.3 Å². The van der Waals surface area contributed by atoms with E-state index in [2.05, 4.69) is 31.9 Å². The van der Waals surface area contributed by atoms with Gasteiger partial charge in [-0.25, -0.2) is 4.79 Å². The number of aliphatic carboxylic acids is 3. The minimum Gasteiger partial charge on any atom is -0.481 e. The first kappa shape index (κ1) is 53.3. The Morgan fingerprint density at radius 3 is 1.52 bits per heavy atom. The molecule has 8 amide bonds. The summed E-state index contributed by atoms with van der Waals surface area (Å²) in [5.74, 6) is -10.7. The maximum atomic E-state index is 14.2. The van der Waals surface area contributed by atoms with E-state index in [1.165, 1.54) is 9.80 Å². The molecule has 2 fully saturated rings. The SMILES string of the molecule is CC[C@H](C)[C@H](NC(=O)[C@@H](NC(=O)[C@@H]1CCCN1C(=O)[C@H](CCC(=O)O)NC(=O)[C@@H]1CCCN1C(=O)CNC(=O)[C@H](CCC(=O)O)NC(C)=O)[C@@H](C)CC)C(=O)N[C@H](C(=O)O)C(C)C. The third-order valence-electron chi connectivity index (χ3n) is 11.5. The Morgan fingerprint density at radius 2 is 1.05 bits per heavy atom. The van der Waals surface area contributed by atoms with Gasteiger partial charge in [0.25, 0.3) is 0 Å². The second-order valence-electron chi connectivity index (χ2n) is 16.6. The smallest absolute Gasteiger partial charge is 0.326 e. The summed E-state index contributed by atoms with van der Waals surface area (Å²) >= 11 is 0. The molecule has 0 aromatic carbocycles. The first-order chi connectivity index (χ1) is 29.5. The van der Waals surface area contributed by atoms with Crippen LogP contribution in [0.2, 0.25) is 0 Å². The Bertz CT molecular complexity index is 1710. The maximum Gasteiger partial charge on any atom is 0.326 e. The van der Waals surface area contributed by atoms with Crippen molar-refractivity contribution < 1.29 is 68.1 Å². The number of likely N-dealkylation sites (tertiary alicyclic amines) is 2. The molecule has 22 nitrogen and oxygen atoms in total. The van der Waals surface area contributed by atoms with E-state index < -0.39 is 145 Å². The van der Waals surface area contributed by atoms with Crippen LogP contribution in [0.3, 0.4) is 0 Å². The topological polar surface area (TPSA) is 327 Å². The number of nitrogens with zero attached hydrogens (tertiary/aromatic N) is 2. The molecule has 2 heterocycles. The molecule has 354 valence electrons. The van der Waals surface area contributed by atoms with E-state index in [0.717, 1.165) is 6.92 Å². The Labute approximate surface area is 366 Å². The van der Waals surface area contributed by atoms with Gasteiger partial charge >= 0.3 is 17.9 Å². The summed E-state index contributed by atoms with van der Waals surface area (Å²) < 4.78 is 0. The number of rotatable bonds is 25. The molecular formula is C41H66N8O14. The molecule has 22 heteroatoms. The number of amides is 8. The normalized spacial score (nSPS) is 19.3. The molecular weight excluding hydrogens is 828 g/mol. The zero-order valence-electron chi connectivity index (χ0n) is 37.2. The zero-order valence-corrected chi connectivity index (χ0v) is 37.2. The van der Waals surface area contributed by atoms with E-state index in [1.807, 2.05) is 0 Å². The van der Waals surface area contributed by atoms with Crippen LogP contribution in [0.15, 0.2) is 0 Å². The quantitative estimate of drug-likeness (QED) is 0.0536. The fourth-order valence-corrected chi connectivity index (χ4v) is 7.46. The van der Waals surface area contributed by atoms with Crippen molar-refractivity contribution in [3.8, 4) is 0 Å². The van der Waals surface area contributed by atoms with Crippen LogP contribution in [0.5, 0.6) is 0 Å². The molecule has 0 aromatic heterocycles. The van der Waals surface area contributed by atoms with Gasteiger partial charge in [0.2, 0.25) is 47.3 Å². The molecule has 2 aliphatic heterocycles. The number of carbonyl (C=O) groups is 11. The summed E-state index contributed by atoms with van der Waals surface area (Å²) in [5.41, 5.74) is 0. The molecule has 2 rings (SSSR count). The largest absolute Gasteiger partial charge is 0.481 e. The third kappa shape index (κ3) is 16.1. The highest BCUT2D eigenvalue weighted by Crippen LogP contribution is 2.23. The minimum atomic E-state index is -1.43. The first-order valence-electron chi connectivity index (χ1n) is 21.6. The maximum absolute atomic E-state index is 14.2. The predicted octanol–water partition coefficient (Wildman–Crippen LogP) is -0.909. The molecule has 9 N–H and O–H groups in total. The van der Waals surface area contributed by atoms with Crippen molar-refractivity contribution in [2.45, 2.75) is 155 Å². The van der Waals surface area contributed by atoms with Crippen LogP contribution < -0.4 is 31.9 Å². The second kappa shape index (κ2) is 25.3. The van der Waals surface area contributed by atoms with E-state index in [1.54, 1.807) is 41.5 Å². The average Bonchev–Trinajstić information content (AvgIpc) is 3.93. The number of carboxylic acids is 3. The summed E-state index contributed by atoms with van der Waals surface area (Å²) in [5, 5.41) is 43.4. The summed E-state index contributed by atoms with van der Waals surface area (Å²) in [6, 6.07) is -8.43. The standard InChI is InChI=1S/C41H66N8O14/c1-8-22(5)33(39(60)47-34(23(6)9-2)38(59)45-32(21(3)4)41(62)63)46-37(58)28-13-11-19-49(28)40(61)26(15-17-31(54)55)44-36(57)27-12-10-18-48(27)29(51)20-42-35(56)25(43-24(7)50)14-16-30(52)53/h21-23,25-28,32-34H,8-20H2,1-7H3,(H,42,56)(H,43,50)(H,44,57)(H,45,59)(H,46,58)(H,47,60)(H,52,53)(H,54,55)(H,62,63)/t22-,23-,25-,26-,27-,28-,32-,33-,34-/m0/s1. The van der Waals surface area contributed by atoms with E-state index in [-0.39, 0.29) is 38.8 Å². The summed E-state index contributed by atoms with van der Waals surface area (Å²) in [4.78, 5) is 144. The van der Waals surface area contributed by atoms with Gasteiger partial charge in [0, 0.05) is 32.9 Å². The van der Waals surface area contributed by atoms with Crippen LogP contribution in [0.25, 0.3) is 0 Å². The van der Waals surface area contributed by atoms with Gasteiger partial charge in [-0.3, -0.25) is 47.9 Å². The molecule has 0 spiro atoms. The summed E-state index contributed by atoms with van der Waals surface area (Å²) in [6.07, 6.45) is 0.372. The van der Waals surface area contributed by atoms with E-state index in [9.17, 15) is 63.0 Å². The van der Waals surface area contributed by atoms with Crippen molar-refractivity contribution >= 4 is 65.2 Å². The fraction of sp³-hybridized carbons (Fsp3) is 0.732. The van der Waals surface area contributed by atoms with Gasteiger partial charge in [-0.15, -0.1) is 0 Å². The Balaban J connectivity index is 2.25. The van der Waals surface area contributed by atoms with Crippen LogP contribution in [0, 0.1) is 17.8 Å². The highest BCUT2D eigenvalue weighted by Gasteiger charge is 2.42. The highest BCUT2D eigenvalue weighted by molar-refractivity contribution is 5.98. The second-order valence-corrected chi connectivity index (χ2v) is 16.6. The molecule has 0 unspecified atom stereocenters. The average molecular weight is 895 g/mol. The van der Waals surface area contributed by atoms with Crippen molar-refractivity contribution in [3.05, 3.63) is 0 Å². The number of hydrogen-bond acceptors (Lipinski definition) is 11. The fourth-order valence-electron chi connectivity index (χ4n) is 7.46. The lowest BCUT2D eigenvalue weighted by Crippen LogP contribution is -2.61. The molecule has 9 atom stereocenters. The van der Waals surface area contributed by atoms with Crippen LogP contribution in [-0.4, -0.2) is 152 Å². The van der Waals surface area contributed by atoms with Gasteiger partial charge in [0.15, 0.2) is 0 Å².